The second-order valence-corrected chi connectivity index (χ2v) is 4.10. The van der Waals surface area contributed by atoms with Gasteiger partial charge in [-0.25, -0.2) is 9.42 Å². The fourth-order valence-electron chi connectivity index (χ4n) is 1.67. The first-order valence-electron chi connectivity index (χ1n) is 5.97. The van der Waals surface area contributed by atoms with Gasteiger partial charge in [0.1, 0.15) is 18.0 Å². The minimum Gasteiger partial charge on any atom is -0.493 e. The van der Waals surface area contributed by atoms with Gasteiger partial charge in [-0.15, -0.1) is 0 Å². The molecule has 112 valence electrons. The molecule has 0 radical (unpaired) electrons. The van der Waals surface area contributed by atoms with E-state index in [1.165, 1.54) is 26.4 Å². The van der Waals surface area contributed by atoms with Crippen molar-refractivity contribution < 1.29 is 28.7 Å². The Labute approximate surface area is 120 Å². The molecule has 0 aliphatic carbocycles. The highest BCUT2D eigenvalue weighted by atomic mass is 16.6. The summed E-state index contributed by atoms with van der Waals surface area (Å²) in [4.78, 5) is 11.1. The summed E-state index contributed by atoms with van der Waals surface area (Å²) in [6.07, 6.45) is 0. The van der Waals surface area contributed by atoms with Crippen LogP contribution in [0.15, 0.2) is 16.8 Å². The molecular weight excluding hydrogens is 280 g/mol. The lowest BCUT2D eigenvalue weighted by Gasteiger charge is -2.14. The molecule has 2 rings (SSSR count). The van der Waals surface area contributed by atoms with Crippen LogP contribution in [0.5, 0.6) is 17.2 Å². The Balaban J connectivity index is 2.33. The first-order chi connectivity index (χ1) is 10.1. The maximum absolute atomic E-state index is 11.1. The van der Waals surface area contributed by atoms with Gasteiger partial charge in [0.05, 0.1) is 19.8 Å². The van der Waals surface area contributed by atoms with E-state index in [4.69, 9.17) is 19.3 Å². The molecule has 0 spiro atoms. The molecule has 0 unspecified atom stereocenters. The van der Waals surface area contributed by atoms with E-state index in [1.807, 2.05) is 0 Å². The predicted molar refractivity (Wildman–Crippen MR) is 69.9 cm³/mol. The number of carboxylic acids is 1. The molecule has 0 saturated heterocycles. The monoisotopic (exact) mass is 294 g/mol. The highest BCUT2D eigenvalue weighted by Crippen LogP contribution is 2.39. The van der Waals surface area contributed by atoms with Gasteiger partial charge in [0, 0.05) is 0 Å². The first-order valence-corrected chi connectivity index (χ1v) is 5.97. The number of ether oxygens (including phenoxy) is 3. The zero-order valence-corrected chi connectivity index (χ0v) is 11.7. The average molecular weight is 294 g/mol. The SMILES string of the molecule is COc1cc(C(=O)O)cc(OC)c1OCc1nonc1C. The van der Waals surface area contributed by atoms with Crippen molar-refractivity contribution in [3.8, 4) is 17.2 Å². The Bertz CT molecular complexity index is 627. The lowest BCUT2D eigenvalue weighted by Crippen LogP contribution is -2.04. The molecule has 1 heterocycles. The third-order valence-corrected chi connectivity index (χ3v) is 2.81. The van der Waals surface area contributed by atoms with Crippen LogP contribution in [-0.4, -0.2) is 35.6 Å². The van der Waals surface area contributed by atoms with Crippen molar-refractivity contribution in [3.05, 3.63) is 29.1 Å². The van der Waals surface area contributed by atoms with Gasteiger partial charge in [0.25, 0.3) is 0 Å². The van der Waals surface area contributed by atoms with E-state index >= 15 is 0 Å². The van der Waals surface area contributed by atoms with E-state index in [1.54, 1.807) is 6.92 Å². The molecule has 1 aromatic carbocycles. The molecular formula is C13H14N2O6. The zero-order chi connectivity index (χ0) is 15.4. The van der Waals surface area contributed by atoms with Crippen molar-refractivity contribution in [2.24, 2.45) is 0 Å². The molecule has 8 nitrogen and oxygen atoms in total. The van der Waals surface area contributed by atoms with Crippen LogP contribution in [0.25, 0.3) is 0 Å². The minimum absolute atomic E-state index is 0.0373. The maximum atomic E-state index is 11.1. The number of methoxy groups -OCH3 is 2. The summed E-state index contributed by atoms with van der Waals surface area (Å²) in [6, 6.07) is 2.71. The number of hydrogen-bond acceptors (Lipinski definition) is 7. The van der Waals surface area contributed by atoms with E-state index in [2.05, 4.69) is 14.9 Å². The molecule has 0 fully saturated rings. The highest BCUT2D eigenvalue weighted by Gasteiger charge is 2.18. The van der Waals surface area contributed by atoms with Gasteiger partial charge < -0.3 is 19.3 Å². The number of aryl methyl sites for hydroxylation is 1. The molecule has 0 atom stereocenters. The molecule has 8 heteroatoms. The van der Waals surface area contributed by atoms with Crippen LogP contribution in [0.4, 0.5) is 0 Å². The van der Waals surface area contributed by atoms with Crippen molar-refractivity contribution in [2.45, 2.75) is 13.5 Å². The second kappa shape index (κ2) is 6.12. The van der Waals surface area contributed by atoms with Gasteiger partial charge in [0.2, 0.25) is 5.75 Å². The molecule has 21 heavy (non-hydrogen) atoms. The number of carboxylic acid groups (broad SMARTS) is 1. The van der Waals surface area contributed by atoms with Crippen molar-refractivity contribution in [1.29, 1.82) is 0 Å². The minimum atomic E-state index is -1.09. The molecule has 1 aromatic heterocycles. The van der Waals surface area contributed by atoms with Gasteiger partial charge in [0.15, 0.2) is 11.5 Å². The van der Waals surface area contributed by atoms with Crippen molar-refractivity contribution in [2.75, 3.05) is 14.2 Å². The summed E-state index contributed by atoms with van der Waals surface area (Å²) < 4.78 is 20.5. The van der Waals surface area contributed by atoms with Crippen molar-refractivity contribution in [3.63, 3.8) is 0 Å². The number of rotatable bonds is 6. The standard InChI is InChI=1S/C13H14N2O6/c1-7-9(15-21-14-7)6-20-12-10(18-2)4-8(13(16)17)5-11(12)19-3/h4-5H,6H2,1-3H3,(H,16,17). The Morgan fingerprint density at radius 3 is 2.29 bits per heavy atom. The lowest BCUT2D eigenvalue weighted by atomic mass is 10.2. The fourth-order valence-corrected chi connectivity index (χ4v) is 1.67. The van der Waals surface area contributed by atoms with Gasteiger partial charge in [-0.1, -0.05) is 10.3 Å². The molecule has 0 amide bonds. The van der Waals surface area contributed by atoms with Gasteiger partial charge >= 0.3 is 5.97 Å². The van der Waals surface area contributed by atoms with Crippen LogP contribution < -0.4 is 14.2 Å². The summed E-state index contributed by atoms with van der Waals surface area (Å²) in [5.74, 6) is -0.302. The molecule has 0 saturated carbocycles. The molecule has 0 aliphatic rings. The third-order valence-electron chi connectivity index (χ3n) is 2.81. The average Bonchev–Trinajstić information content (AvgIpc) is 2.89. The number of carbonyl (C=O) groups is 1. The van der Waals surface area contributed by atoms with Gasteiger partial charge in [-0.2, -0.15) is 0 Å². The molecule has 1 N–H and O–H groups in total. The summed E-state index contributed by atoms with van der Waals surface area (Å²) in [5, 5.41) is 16.4. The Hall–Kier alpha value is -2.77. The predicted octanol–water partition coefficient (Wildman–Crippen LogP) is 1.67. The van der Waals surface area contributed by atoms with Crippen LogP contribution in [0, 0.1) is 6.92 Å². The Morgan fingerprint density at radius 1 is 1.24 bits per heavy atom. The normalized spacial score (nSPS) is 10.2. The van der Waals surface area contributed by atoms with Crippen molar-refractivity contribution in [1.82, 2.24) is 10.3 Å². The van der Waals surface area contributed by atoms with E-state index in [0.29, 0.717) is 11.4 Å². The van der Waals surface area contributed by atoms with Crippen LogP contribution >= 0.6 is 0 Å². The van der Waals surface area contributed by atoms with E-state index in [9.17, 15) is 4.79 Å². The van der Waals surface area contributed by atoms with Crippen LogP contribution in [-0.2, 0) is 6.61 Å². The lowest BCUT2D eigenvalue weighted by molar-refractivity contribution is 0.0696. The van der Waals surface area contributed by atoms with Gasteiger partial charge in [-0.05, 0) is 19.1 Å². The smallest absolute Gasteiger partial charge is 0.335 e. The number of aromatic carboxylic acids is 1. The summed E-state index contributed by atoms with van der Waals surface area (Å²) in [6.45, 7) is 1.83. The second-order valence-electron chi connectivity index (χ2n) is 4.10. The Morgan fingerprint density at radius 2 is 1.86 bits per heavy atom. The van der Waals surface area contributed by atoms with Crippen LogP contribution in [0.3, 0.4) is 0 Å². The van der Waals surface area contributed by atoms with Crippen molar-refractivity contribution >= 4 is 5.97 Å². The summed E-state index contributed by atoms with van der Waals surface area (Å²) in [5.41, 5.74) is 1.17. The summed E-state index contributed by atoms with van der Waals surface area (Å²) in [7, 11) is 2.83. The topological polar surface area (TPSA) is 104 Å². The van der Waals surface area contributed by atoms with E-state index in [-0.39, 0.29) is 29.4 Å². The highest BCUT2D eigenvalue weighted by molar-refractivity contribution is 5.89. The number of nitrogens with zero attached hydrogens (tertiary/aromatic N) is 2. The third kappa shape index (κ3) is 3.04. The van der Waals surface area contributed by atoms with E-state index < -0.39 is 5.97 Å². The Kier molecular flexibility index (Phi) is 4.27. The number of benzene rings is 1. The molecule has 2 aromatic rings. The maximum Gasteiger partial charge on any atom is 0.335 e. The number of aromatic nitrogens is 2. The summed E-state index contributed by atoms with van der Waals surface area (Å²) >= 11 is 0. The quantitative estimate of drug-likeness (QED) is 0.858. The fraction of sp³-hybridized carbons (Fsp3) is 0.308. The number of hydrogen-bond donors (Lipinski definition) is 1. The van der Waals surface area contributed by atoms with Crippen LogP contribution in [0.1, 0.15) is 21.7 Å². The molecule has 0 aliphatic heterocycles. The first kappa shape index (κ1) is 14.6. The van der Waals surface area contributed by atoms with E-state index in [0.717, 1.165) is 0 Å². The van der Waals surface area contributed by atoms with Crippen LogP contribution in [0.2, 0.25) is 0 Å². The molecule has 0 bridgehead atoms. The largest absolute Gasteiger partial charge is 0.493 e. The zero-order valence-electron chi connectivity index (χ0n) is 11.7. The van der Waals surface area contributed by atoms with Gasteiger partial charge in [-0.3, -0.25) is 0 Å².